The van der Waals surface area contributed by atoms with Gasteiger partial charge in [-0.3, -0.25) is 4.79 Å². The number of rotatable bonds is 5. The number of carbonyl (C=O) groups is 1. The third-order valence-electron chi connectivity index (χ3n) is 3.32. The zero-order valence-corrected chi connectivity index (χ0v) is 14.2. The van der Waals surface area contributed by atoms with E-state index >= 15 is 0 Å². The average Bonchev–Trinajstić information content (AvgIpc) is 2.58. The Morgan fingerprint density at radius 1 is 1.33 bits per heavy atom. The van der Waals surface area contributed by atoms with Crippen molar-refractivity contribution in [2.45, 2.75) is 18.1 Å². The van der Waals surface area contributed by atoms with E-state index in [2.05, 4.69) is 0 Å². The van der Waals surface area contributed by atoms with E-state index in [4.69, 9.17) is 25.8 Å². The van der Waals surface area contributed by atoms with Crippen LogP contribution in [0.5, 0.6) is 5.75 Å². The minimum Gasteiger partial charge on any atom is -0.467 e. The first kappa shape index (κ1) is 17.1. The van der Waals surface area contributed by atoms with Crippen LogP contribution in [0.4, 0.5) is 4.39 Å². The van der Waals surface area contributed by atoms with Crippen LogP contribution in [-0.4, -0.2) is 18.5 Å². The smallest absolute Gasteiger partial charge is 0.316 e. The SMILES string of the molecule is O=C(CSc1ccccc1Cl)OCc1cc(F)cc2c1OCOC2. The van der Waals surface area contributed by atoms with Gasteiger partial charge in [0.25, 0.3) is 0 Å². The molecule has 3 rings (SSSR count). The van der Waals surface area contributed by atoms with Gasteiger partial charge in [-0.2, -0.15) is 0 Å². The van der Waals surface area contributed by atoms with Gasteiger partial charge in [-0.1, -0.05) is 23.7 Å². The Labute approximate surface area is 147 Å². The molecule has 0 amide bonds. The Morgan fingerprint density at radius 2 is 2.17 bits per heavy atom. The lowest BCUT2D eigenvalue weighted by molar-refractivity contribution is -0.141. The van der Waals surface area contributed by atoms with Crippen molar-refractivity contribution in [1.82, 2.24) is 0 Å². The Balaban J connectivity index is 1.59. The molecule has 0 saturated carbocycles. The molecule has 2 aromatic rings. The molecule has 1 aliphatic heterocycles. The molecule has 7 heteroatoms. The summed E-state index contributed by atoms with van der Waals surface area (Å²) in [6, 6.07) is 9.91. The second-order valence-electron chi connectivity index (χ2n) is 5.04. The van der Waals surface area contributed by atoms with E-state index in [1.54, 1.807) is 6.07 Å². The Morgan fingerprint density at radius 3 is 3.00 bits per heavy atom. The standard InChI is InChI=1S/C17H14ClFO4S/c18-14-3-1-2-4-15(14)24-9-16(20)22-8-12-6-13(19)5-11-7-21-10-23-17(11)12/h1-6H,7-10H2. The van der Waals surface area contributed by atoms with Gasteiger partial charge < -0.3 is 14.2 Å². The highest BCUT2D eigenvalue weighted by molar-refractivity contribution is 8.00. The molecular weight excluding hydrogens is 355 g/mol. The van der Waals surface area contributed by atoms with Crippen molar-refractivity contribution in [2.75, 3.05) is 12.5 Å². The number of esters is 1. The summed E-state index contributed by atoms with van der Waals surface area (Å²) in [5.41, 5.74) is 1.10. The zero-order valence-electron chi connectivity index (χ0n) is 12.6. The molecule has 0 saturated heterocycles. The van der Waals surface area contributed by atoms with Crippen molar-refractivity contribution in [2.24, 2.45) is 0 Å². The van der Waals surface area contributed by atoms with E-state index in [-0.39, 0.29) is 25.8 Å². The molecule has 0 radical (unpaired) electrons. The van der Waals surface area contributed by atoms with Gasteiger partial charge in [0.15, 0.2) is 6.79 Å². The van der Waals surface area contributed by atoms with E-state index in [1.165, 1.54) is 23.9 Å². The molecule has 4 nitrogen and oxygen atoms in total. The van der Waals surface area contributed by atoms with E-state index in [0.29, 0.717) is 21.9 Å². The molecule has 0 unspecified atom stereocenters. The van der Waals surface area contributed by atoms with Gasteiger partial charge in [0, 0.05) is 16.0 Å². The van der Waals surface area contributed by atoms with Crippen LogP contribution in [0.3, 0.4) is 0 Å². The van der Waals surface area contributed by atoms with Crippen molar-refractivity contribution in [1.29, 1.82) is 0 Å². The molecule has 0 N–H and O–H groups in total. The van der Waals surface area contributed by atoms with Crippen LogP contribution in [-0.2, 0) is 27.5 Å². The highest BCUT2D eigenvalue weighted by Gasteiger charge is 2.18. The van der Waals surface area contributed by atoms with Gasteiger partial charge in [-0.25, -0.2) is 4.39 Å². The fraction of sp³-hybridized carbons (Fsp3) is 0.235. The number of carbonyl (C=O) groups excluding carboxylic acids is 1. The maximum Gasteiger partial charge on any atom is 0.316 e. The predicted octanol–water partition coefficient (Wildman–Crippen LogP) is 4.18. The first-order chi connectivity index (χ1) is 11.6. The predicted molar refractivity (Wildman–Crippen MR) is 88.7 cm³/mol. The lowest BCUT2D eigenvalue weighted by atomic mass is 10.1. The minimum atomic E-state index is -0.417. The third kappa shape index (κ3) is 4.20. The van der Waals surface area contributed by atoms with Crippen molar-refractivity contribution in [3.8, 4) is 5.75 Å². The summed E-state index contributed by atoms with van der Waals surface area (Å²) in [6.07, 6.45) is 0. The van der Waals surface area contributed by atoms with Crippen LogP contribution in [0.2, 0.25) is 5.02 Å². The number of halogens is 2. The highest BCUT2D eigenvalue weighted by atomic mass is 35.5. The van der Waals surface area contributed by atoms with Crippen LogP contribution in [0.15, 0.2) is 41.3 Å². The van der Waals surface area contributed by atoms with Crippen LogP contribution < -0.4 is 4.74 Å². The van der Waals surface area contributed by atoms with E-state index in [1.807, 2.05) is 18.2 Å². The van der Waals surface area contributed by atoms with Gasteiger partial charge in [0.2, 0.25) is 0 Å². The summed E-state index contributed by atoms with van der Waals surface area (Å²) in [4.78, 5) is 12.7. The number of fused-ring (bicyclic) bond motifs is 1. The molecule has 0 fully saturated rings. The topological polar surface area (TPSA) is 44.8 Å². The van der Waals surface area contributed by atoms with Gasteiger partial charge in [0.05, 0.1) is 17.4 Å². The first-order valence-corrected chi connectivity index (χ1v) is 8.54. The van der Waals surface area contributed by atoms with Crippen molar-refractivity contribution in [3.63, 3.8) is 0 Å². The second-order valence-corrected chi connectivity index (χ2v) is 6.47. The van der Waals surface area contributed by atoms with Crippen molar-refractivity contribution in [3.05, 3.63) is 58.4 Å². The minimum absolute atomic E-state index is 0.0536. The number of hydrogen-bond acceptors (Lipinski definition) is 5. The lowest BCUT2D eigenvalue weighted by Crippen LogP contribution is -2.15. The summed E-state index contributed by atoms with van der Waals surface area (Å²) < 4.78 is 29.3. The van der Waals surface area contributed by atoms with Gasteiger partial charge in [0.1, 0.15) is 18.2 Å². The van der Waals surface area contributed by atoms with Crippen LogP contribution in [0.1, 0.15) is 11.1 Å². The van der Waals surface area contributed by atoms with E-state index in [0.717, 1.165) is 4.90 Å². The molecular formula is C17H14ClFO4S. The Hall–Kier alpha value is -1.76. The summed E-state index contributed by atoms with van der Waals surface area (Å²) in [6.45, 7) is 0.320. The van der Waals surface area contributed by atoms with E-state index < -0.39 is 11.8 Å². The second kappa shape index (κ2) is 7.88. The van der Waals surface area contributed by atoms with E-state index in [9.17, 15) is 9.18 Å². The lowest BCUT2D eigenvalue weighted by Gasteiger charge is -2.20. The number of hydrogen-bond donors (Lipinski definition) is 0. The quantitative estimate of drug-likeness (QED) is 0.585. The van der Waals surface area contributed by atoms with Gasteiger partial charge in [-0.05, 0) is 24.3 Å². The molecule has 126 valence electrons. The van der Waals surface area contributed by atoms with Crippen molar-refractivity contribution < 1.29 is 23.4 Å². The summed E-state index contributed by atoms with van der Waals surface area (Å²) in [7, 11) is 0. The fourth-order valence-corrected chi connectivity index (χ4v) is 3.30. The molecule has 24 heavy (non-hydrogen) atoms. The fourth-order valence-electron chi connectivity index (χ4n) is 2.26. The zero-order chi connectivity index (χ0) is 16.9. The Bertz CT molecular complexity index is 753. The van der Waals surface area contributed by atoms with Crippen LogP contribution in [0, 0.1) is 5.82 Å². The monoisotopic (exact) mass is 368 g/mol. The molecule has 1 heterocycles. The summed E-state index contributed by atoms with van der Waals surface area (Å²) in [5.74, 6) is -0.191. The summed E-state index contributed by atoms with van der Waals surface area (Å²) in [5, 5.41) is 0.586. The normalized spacial score (nSPS) is 13.1. The summed E-state index contributed by atoms with van der Waals surface area (Å²) >= 11 is 7.32. The average molecular weight is 369 g/mol. The number of thioether (sulfide) groups is 1. The van der Waals surface area contributed by atoms with Crippen molar-refractivity contribution >= 4 is 29.3 Å². The van der Waals surface area contributed by atoms with Crippen LogP contribution >= 0.6 is 23.4 Å². The van der Waals surface area contributed by atoms with Crippen LogP contribution in [0.25, 0.3) is 0 Å². The molecule has 0 spiro atoms. The largest absolute Gasteiger partial charge is 0.467 e. The molecule has 2 aromatic carbocycles. The number of ether oxygens (including phenoxy) is 3. The van der Waals surface area contributed by atoms with Gasteiger partial charge >= 0.3 is 5.97 Å². The molecule has 0 aromatic heterocycles. The molecule has 0 aliphatic carbocycles. The van der Waals surface area contributed by atoms with Gasteiger partial charge in [-0.15, -0.1) is 11.8 Å². The first-order valence-electron chi connectivity index (χ1n) is 7.18. The molecule has 1 aliphatic rings. The Kier molecular flexibility index (Phi) is 5.60. The molecule has 0 bridgehead atoms. The maximum atomic E-state index is 13.6. The number of benzene rings is 2. The highest BCUT2D eigenvalue weighted by Crippen LogP contribution is 2.30. The maximum absolute atomic E-state index is 13.6. The molecule has 0 atom stereocenters. The third-order valence-corrected chi connectivity index (χ3v) is 4.81.